The number of benzene rings is 1. The van der Waals surface area contributed by atoms with Crippen LogP contribution in [0.2, 0.25) is 0 Å². The zero-order valence-corrected chi connectivity index (χ0v) is 15.7. The summed E-state index contributed by atoms with van der Waals surface area (Å²) in [4.78, 5) is 31.8. The molecule has 0 aliphatic carbocycles. The molecule has 3 amide bonds. The molecule has 2 heterocycles. The van der Waals surface area contributed by atoms with Gasteiger partial charge < -0.3 is 20.4 Å². The zero-order valence-electron chi connectivity index (χ0n) is 15.7. The van der Waals surface area contributed by atoms with Crippen LogP contribution in [0.1, 0.15) is 19.8 Å². The highest BCUT2D eigenvalue weighted by Gasteiger charge is 2.21. The maximum atomic E-state index is 12.2. The quantitative estimate of drug-likeness (QED) is 0.871. The molecule has 2 aromatic rings. The second-order valence-corrected chi connectivity index (χ2v) is 6.67. The third-order valence-electron chi connectivity index (χ3n) is 4.79. The second kappa shape index (κ2) is 8.53. The number of anilines is 3. The molecule has 0 spiro atoms. The number of carbonyl (C=O) groups excluding carboxylic acids is 2. The summed E-state index contributed by atoms with van der Waals surface area (Å²) in [5, 5.41) is 5.88. The van der Waals surface area contributed by atoms with Crippen LogP contribution < -0.4 is 20.4 Å². The van der Waals surface area contributed by atoms with Crippen molar-refractivity contribution in [3.05, 3.63) is 48.7 Å². The summed E-state index contributed by atoms with van der Waals surface area (Å²) >= 11 is 0. The van der Waals surface area contributed by atoms with E-state index in [2.05, 4.69) is 20.5 Å². The number of rotatable bonds is 4. The molecule has 1 aliphatic rings. The number of nitrogens with one attached hydrogen (secondary N) is 2. The van der Waals surface area contributed by atoms with E-state index in [-0.39, 0.29) is 18.0 Å². The lowest BCUT2D eigenvalue weighted by Gasteiger charge is -2.33. The number of piperidine rings is 1. The minimum Gasteiger partial charge on any atom is -0.356 e. The molecule has 3 rings (SSSR count). The maximum absolute atomic E-state index is 12.2. The van der Waals surface area contributed by atoms with Crippen molar-refractivity contribution in [2.75, 3.05) is 35.3 Å². The van der Waals surface area contributed by atoms with Crippen molar-refractivity contribution in [2.45, 2.75) is 25.8 Å². The Bertz CT molecular complexity index is 771. The fraction of sp³-hybridized carbons (Fsp3) is 0.350. The van der Waals surface area contributed by atoms with E-state index in [4.69, 9.17) is 0 Å². The lowest BCUT2D eigenvalue weighted by Crippen LogP contribution is -2.46. The monoisotopic (exact) mass is 367 g/mol. The Morgan fingerprint density at radius 3 is 2.41 bits per heavy atom. The Labute approximate surface area is 159 Å². The van der Waals surface area contributed by atoms with E-state index >= 15 is 0 Å². The number of aromatic nitrogens is 1. The smallest absolute Gasteiger partial charge is 0.319 e. The van der Waals surface area contributed by atoms with Crippen LogP contribution in [0, 0.1) is 0 Å². The molecule has 0 radical (unpaired) electrons. The van der Waals surface area contributed by atoms with Gasteiger partial charge in [0.05, 0.1) is 0 Å². The zero-order chi connectivity index (χ0) is 19.2. The predicted octanol–water partition coefficient (Wildman–Crippen LogP) is 2.85. The molecule has 7 nitrogen and oxygen atoms in total. The van der Waals surface area contributed by atoms with E-state index in [1.807, 2.05) is 30.3 Å². The summed E-state index contributed by atoms with van der Waals surface area (Å²) in [5.74, 6) is 0.946. The molecule has 0 atom stereocenters. The molecule has 0 unspecified atom stereocenters. The Hall–Kier alpha value is -3.09. The van der Waals surface area contributed by atoms with Crippen LogP contribution in [-0.2, 0) is 4.79 Å². The van der Waals surface area contributed by atoms with Gasteiger partial charge >= 0.3 is 6.03 Å². The molecular formula is C20H25N5O2. The van der Waals surface area contributed by atoms with Gasteiger partial charge in [-0.05, 0) is 49.2 Å². The molecule has 1 fully saturated rings. The summed E-state index contributed by atoms with van der Waals surface area (Å²) in [6.45, 7) is 3.25. The number of hydrogen-bond donors (Lipinski definition) is 2. The number of amides is 3. The molecule has 1 aromatic carbocycles. The van der Waals surface area contributed by atoms with E-state index in [0.717, 1.165) is 37.4 Å². The Kier molecular flexibility index (Phi) is 5.90. The first kappa shape index (κ1) is 18.7. The summed E-state index contributed by atoms with van der Waals surface area (Å²) in [6.07, 6.45) is 3.56. The van der Waals surface area contributed by atoms with Gasteiger partial charge in [-0.1, -0.05) is 6.07 Å². The van der Waals surface area contributed by atoms with E-state index in [1.54, 1.807) is 30.3 Å². The number of nitrogens with zero attached hydrogens (tertiary/aromatic N) is 3. The normalized spacial score (nSPS) is 14.5. The molecule has 0 bridgehead atoms. The molecule has 1 aliphatic heterocycles. The van der Waals surface area contributed by atoms with E-state index < -0.39 is 0 Å². The molecule has 7 heteroatoms. The Balaban J connectivity index is 1.47. The summed E-state index contributed by atoms with van der Waals surface area (Å²) < 4.78 is 0. The van der Waals surface area contributed by atoms with Gasteiger partial charge in [-0.15, -0.1) is 0 Å². The van der Waals surface area contributed by atoms with Gasteiger partial charge in [0.15, 0.2) is 0 Å². The summed E-state index contributed by atoms with van der Waals surface area (Å²) in [5.41, 5.74) is 1.48. The minimum atomic E-state index is -0.209. The first-order valence-electron chi connectivity index (χ1n) is 9.11. The Morgan fingerprint density at radius 1 is 1.11 bits per heavy atom. The standard InChI is InChI=1S/C20H25N5O2/c1-15(26)24(2)18-8-6-16(7-9-18)22-20(27)23-17-10-13-25(14-11-17)19-5-3-4-12-21-19/h3-9,12,17H,10-11,13-14H2,1-2H3,(H2,22,23,27). The highest BCUT2D eigenvalue weighted by atomic mass is 16.2. The van der Waals surface area contributed by atoms with Gasteiger partial charge in [-0.25, -0.2) is 9.78 Å². The minimum absolute atomic E-state index is 0.0366. The topological polar surface area (TPSA) is 77.6 Å². The lowest BCUT2D eigenvalue weighted by atomic mass is 10.1. The van der Waals surface area contributed by atoms with Crippen molar-refractivity contribution in [3.63, 3.8) is 0 Å². The van der Waals surface area contributed by atoms with Gasteiger partial charge in [0.2, 0.25) is 5.91 Å². The molecule has 27 heavy (non-hydrogen) atoms. The van der Waals surface area contributed by atoms with Crippen molar-refractivity contribution in [1.29, 1.82) is 0 Å². The van der Waals surface area contributed by atoms with Crippen LogP contribution in [0.15, 0.2) is 48.7 Å². The number of urea groups is 1. The average Bonchev–Trinajstić information content (AvgIpc) is 2.69. The van der Waals surface area contributed by atoms with E-state index in [1.165, 1.54) is 6.92 Å². The fourth-order valence-electron chi connectivity index (χ4n) is 3.10. The molecule has 1 aromatic heterocycles. The first-order valence-corrected chi connectivity index (χ1v) is 9.11. The molecule has 2 N–H and O–H groups in total. The van der Waals surface area contributed by atoms with Crippen LogP contribution in [0.4, 0.5) is 22.0 Å². The SMILES string of the molecule is CC(=O)N(C)c1ccc(NC(=O)NC2CCN(c3ccccn3)CC2)cc1. The van der Waals surface area contributed by atoms with Gasteiger partial charge in [0.1, 0.15) is 5.82 Å². The number of carbonyl (C=O) groups is 2. The van der Waals surface area contributed by atoms with Crippen LogP contribution in [0.3, 0.4) is 0 Å². The van der Waals surface area contributed by atoms with Crippen LogP contribution in [0.25, 0.3) is 0 Å². The van der Waals surface area contributed by atoms with E-state index in [0.29, 0.717) is 5.69 Å². The fourth-order valence-corrected chi connectivity index (χ4v) is 3.10. The van der Waals surface area contributed by atoms with Crippen molar-refractivity contribution in [1.82, 2.24) is 10.3 Å². The Morgan fingerprint density at radius 2 is 1.81 bits per heavy atom. The third-order valence-corrected chi connectivity index (χ3v) is 4.79. The largest absolute Gasteiger partial charge is 0.356 e. The van der Waals surface area contributed by atoms with Crippen LogP contribution >= 0.6 is 0 Å². The van der Waals surface area contributed by atoms with Crippen molar-refractivity contribution in [2.24, 2.45) is 0 Å². The first-order chi connectivity index (χ1) is 13.0. The maximum Gasteiger partial charge on any atom is 0.319 e. The van der Waals surface area contributed by atoms with Gasteiger partial charge in [0.25, 0.3) is 0 Å². The lowest BCUT2D eigenvalue weighted by molar-refractivity contribution is -0.116. The molecular weight excluding hydrogens is 342 g/mol. The second-order valence-electron chi connectivity index (χ2n) is 6.67. The van der Waals surface area contributed by atoms with Crippen LogP contribution in [-0.4, -0.2) is 43.1 Å². The molecule has 142 valence electrons. The number of pyridine rings is 1. The highest BCUT2D eigenvalue weighted by molar-refractivity contribution is 5.92. The van der Waals surface area contributed by atoms with E-state index in [9.17, 15) is 9.59 Å². The number of hydrogen-bond acceptors (Lipinski definition) is 4. The van der Waals surface area contributed by atoms with Gasteiger partial charge in [0, 0.05) is 50.7 Å². The average molecular weight is 367 g/mol. The van der Waals surface area contributed by atoms with Crippen molar-refractivity contribution >= 4 is 29.1 Å². The van der Waals surface area contributed by atoms with Crippen LogP contribution in [0.5, 0.6) is 0 Å². The molecule has 0 saturated carbocycles. The summed E-state index contributed by atoms with van der Waals surface area (Å²) in [7, 11) is 1.72. The van der Waals surface area contributed by atoms with Gasteiger partial charge in [-0.3, -0.25) is 4.79 Å². The molecule has 1 saturated heterocycles. The van der Waals surface area contributed by atoms with Crippen molar-refractivity contribution < 1.29 is 9.59 Å². The third kappa shape index (κ3) is 4.97. The summed E-state index contributed by atoms with van der Waals surface area (Å²) in [6, 6.07) is 13.0. The predicted molar refractivity (Wildman–Crippen MR) is 107 cm³/mol. The van der Waals surface area contributed by atoms with Crippen molar-refractivity contribution in [3.8, 4) is 0 Å². The van der Waals surface area contributed by atoms with Gasteiger partial charge in [-0.2, -0.15) is 0 Å². The highest BCUT2D eigenvalue weighted by Crippen LogP contribution is 2.19.